The molecular weight excluding hydrogens is 408 g/mol. The number of hydrogen-bond acceptors (Lipinski definition) is 6. The van der Waals surface area contributed by atoms with Crippen molar-refractivity contribution in [3.05, 3.63) is 63.2 Å². The third kappa shape index (κ3) is 4.60. The molecule has 0 aromatic heterocycles. The Hall–Kier alpha value is -2.99. The van der Waals surface area contributed by atoms with Crippen molar-refractivity contribution in [2.75, 3.05) is 7.11 Å². The van der Waals surface area contributed by atoms with Crippen LogP contribution in [0.3, 0.4) is 0 Å². The monoisotopic (exact) mass is 430 g/mol. The predicted octanol–water partition coefficient (Wildman–Crippen LogP) is 4.91. The minimum Gasteiger partial charge on any atom is -0.507 e. The Morgan fingerprint density at radius 3 is 2.63 bits per heavy atom. The van der Waals surface area contributed by atoms with Crippen molar-refractivity contribution in [1.82, 2.24) is 0 Å². The number of cyclic esters (lactones) is 1. The van der Waals surface area contributed by atoms with Gasteiger partial charge in [0.15, 0.2) is 0 Å². The Labute approximate surface area is 180 Å². The van der Waals surface area contributed by atoms with Crippen LogP contribution in [-0.2, 0) is 22.6 Å². The van der Waals surface area contributed by atoms with Gasteiger partial charge in [0.1, 0.15) is 29.4 Å². The number of carbonyl (C=O) groups is 2. The molecule has 0 aliphatic carbocycles. The van der Waals surface area contributed by atoms with Gasteiger partial charge in [-0.2, -0.15) is 0 Å². The Balaban J connectivity index is 1.67. The van der Waals surface area contributed by atoms with Crippen LogP contribution in [0.15, 0.2) is 35.9 Å². The zero-order valence-corrected chi connectivity index (χ0v) is 17.8. The Kier molecular flexibility index (Phi) is 6.67. The number of halogens is 1. The van der Waals surface area contributed by atoms with Crippen LogP contribution < -0.4 is 9.47 Å². The van der Waals surface area contributed by atoms with Crippen molar-refractivity contribution in [1.29, 1.82) is 0 Å². The number of fused-ring (bicyclic) bond motifs is 1. The molecule has 0 radical (unpaired) electrons. The van der Waals surface area contributed by atoms with Gasteiger partial charge in [-0.05, 0) is 56.5 Å². The van der Waals surface area contributed by atoms with Crippen molar-refractivity contribution in [2.24, 2.45) is 0 Å². The standard InChI is InChI=1S/C23H23ClO6/c1-13(5-11-19(25)30-16-8-6-15(24)7-9-16)4-10-17-21(26)20-18(12-29-23(20)27)14(2)22(17)28-3/h4,6-9,26H,5,10-12H2,1-3H3. The molecule has 0 saturated heterocycles. The molecule has 1 aliphatic rings. The molecule has 6 nitrogen and oxygen atoms in total. The Morgan fingerprint density at radius 2 is 1.97 bits per heavy atom. The highest BCUT2D eigenvalue weighted by molar-refractivity contribution is 6.30. The number of rotatable bonds is 7. The second kappa shape index (κ2) is 9.22. The topological polar surface area (TPSA) is 82.1 Å². The van der Waals surface area contributed by atoms with E-state index in [4.69, 9.17) is 25.8 Å². The molecule has 1 N–H and O–H groups in total. The average molecular weight is 431 g/mol. The van der Waals surface area contributed by atoms with Gasteiger partial charge in [-0.3, -0.25) is 4.79 Å². The van der Waals surface area contributed by atoms with Crippen LogP contribution in [0.2, 0.25) is 5.02 Å². The molecule has 30 heavy (non-hydrogen) atoms. The highest BCUT2D eigenvalue weighted by Gasteiger charge is 2.31. The van der Waals surface area contributed by atoms with Gasteiger partial charge in [-0.15, -0.1) is 0 Å². The van der Waals surface area contributed by atoms with Gasteiger partial charge in [0, 0.05) is 22.6 Å². The van der Waals surface area contributed by atoms with E-state index in [1.807, 2.05) is 19.9 Å². The predicted molar refractivity (Wildman–Crippen MR) is 112 cm³/mol. The quantitative estimate of drug-likeness (QED) is 0.382. The van der Waals surface area contributed by atoms with Gasteiger partial charge in [0.2, 0.25) is 0 Å². The van der Waals surface area contributed by atoms with Crippen molar-refractivity contribution >= 4 is 23.5 Å². The van der Waals surface area contributed by atoms with Gasteiger partial charge >= 0.3 is 11.9 Å². The van der Waals surface area contributed by atoms with Crippen LogP contribution in [0.5, 0.6) is 17.2 Å². The summed E-state index contributed by atoms with van der Waals surface area (Å²) in [5, 5.41) is 11.2. The highest BCUT2D eigenvalue weighted by Crippen LogP contribution is 2.42. The van der Waals surface area contributed by atoms with Gasteiger partial charge in [-0.25, -0.2) is 4.79 Å². The van der Waals surface area contributed by atoms with Crippen LogP contribution in [-0.4, -0.2) is 24.2 Å². The third-order valence-electron chi connectivity index (χ3n) is 5.07. The first kappa shape index (κ1) is 21.7. The fraction of sp³-hybridized carbons (Fsp3) is 0.304. The molecule has 0 amide bonds. The average Bonchev–Trinajstić information content (AvgIpc) is 3.11. The van der Waals surface area contributed by atoms with Gasteiger partial charge < -0.3 is 19.3 Å². The fourth-order valence-corrected chi connectivity index (χ4v) is 3.52. The van der Waals surface area contributed by atoms with Crippen LogP contribution in [0.4, 0.5) is 0 Å². The normalized spacial score (nSPS) is 13.1. The van der Waals surface area contributed by atoms with E-state index < -0.39 is 5.97 Å². The lowest BCUT2D eigenvalue weighted by molar-refractivity contribution is -0.134. The molecule has 1 aliphatic heterocycles. The summed E-state index contributed by atoms with van der Waals surface area (Å²) in [6.07, 6.45) is 2.97. The van der Waals surface area contributed by atoms with Gasteiger partial charge in [0.25, 0.3) is 0 Å². The number of aromatic hydroxyl groups is 1. The number of phenolic OH excluding ortho intramolecular Hbond substituents is 1. The number of benzene rings is 2. The summed E-state index contributed by atoms with van der Waals surface area (Å²) < 4.78 is 15.8. The van der Waals surface area contributed by atoms with E-state index in [1.54, 1.807) is 24.3 Å². The second-order valence-corrected chi connectivity index (χ2v) is 7.53. The maximum absolute atomic E-state index is 12.0. The molecule has 0 spiro atoms. The van der Waals surface area contributed by atoms with E-state index in [0.717, 1.165) is 11.1 Å². The molecule has 0 bridgehead atoms. The third-order valence-corrected chi connectivity index (χ3v) is 5.32. The van der Waals surface area contributed by atoms with E-state index >= 15 is 0 Å². The van der Waals surface area contributed by atoms with Crippen molar-refractivity contribution in [3.63, 3.8) is 0 Å². The van der Waals surface area contributed by atoms with Crippen LogP contribution in [0.25, 0.3) is 0 Å². The number of allylic oxidation sites excluding steroid dienone is 2. The first-order chi connectivity index (χ1) is 14.3. The molecule has 0 atom stereocenters. The first-order valence-electron chi connectivity index (χ1n) is 9.52. The summed E-state index contributed by atoms with van der Waals surface area (Å²) in [5.74, 6) is -0.000129. The molecular formula is C23H23ClO6. The minimum atomic E-state index is -0.528. The maximum Gasteiger partial charge on any atom is 0.342 e. The largest absolute Gasteiger partial charge is 0.507 e. The van der Waals surface area contributed by atoms with E-state index in [-0.39, 0.29) is 30.3 Å². The minimum absolute atomic E-state index is 0.110. The van der Waals surface area contributed by atoms with Gasteiger partial charge in [0.05, 0.1) is 7.11 Å². The molecule has 0 fully saturated rings. The van der Waals surface area contributed by atoms with Crippen LogP contribution >= 0.6 is 11.6 Å². The van der Waals surface area contributed by atoms with Gasteiger partial charge in [-0.1, -0.05) is 23.3 Å². The SMILES string of the molecule is COc1c(C)c2c(c(O)c1CC=C(C)CCC(=O)Oc1ccc(Cl)cc1)C(=O)OC2. The highest BCUT2D eigenvalue weighted by atomic mass is 35.5. The lowest BCUT2D eigenvalue weighted by Crippen LogP contribution is -2.07. The fourth-order valence-electron chi connectivity index (χ4n) is 3.39. The molecule has 0 saturated carbocycles. The summed E-state index contributed by atoms with van der Waals surface area (Å²) in [6.45, 7) is 3.87. The summed E-state index contributed by atoms with van der Waals surface area (Å²) in [7, 11) is 1.53. The number of phenols is 1. The van der Waals surface area contributed by atoms with E-state index in [9.17, 15) is 14.7 Å². The number of hydrogen-bond donors (Lipinski definition) is 1. The maximum atomic E-state index is 12.0. The van der Waals surface area contributed by atoms with E-state index in [0.29, 0.717) is 40.5 Å². The molecule has 158 valence electrons. The smallest absolute Gasteiger partial charge is 0.342 e. The number of ether oxygens (including phenoxy) is 3. The Morgan fingerprint density at radius 1 is 1.27 bits per heavy atom. The molecule has 2 aromatic rings. The summed E-state index contributed by atoms with van der Waals surface area (Å²) in [6, 6.07) is 6.59. The molecule has 1 heterocycles. The lowest BCUT2D eigenvalue weighted by Gasteiger charge is -2.15. The molecule has 3 rings (SSSR count). The summed E-state index contributed by atoms with van der Waals surface area (Å²) >= 11 is 5.82. The molecule has 2 aromatic carbocycles. The Bertz CT molecular complexity index is 1010. The van der Waals surface area contributed by atoms with E-state index in [2.05, 4.69) is 0 Å². The first-order valence-corrected chi connectivity index (χ1v) is 9.89. The zero-order chi connectivity index (χ0) is 21.8. The number of carbonyl (C=O) groups excluding carboxylic acids is 2. The second-order valence-electron chi connectivity index (χ2n) is 7.10. The zero-order valence-electron chi connectivity index (χ0n) is 17.1. The van der Waals surface area contributed by atoms with Crippen molar-refractivity contribution in [2.45, 2.75) is 39.7 Å². The van der Waals surface area contributed by atoms with Crippen LogP contribution in [0, 0.1) is 6.92 Å². The van der Waals surface area contributed by atoms with E-state index in [1.165, 1.54) is 7.11 Å². The molecule has 0 unspecified atom stereocenters. The summed E-state index contributed by atoms with van der Waals surface area (Å²) in [4.78, 5) is 24.0. The van der Waals surface area contributed by atoms with Crippen molar-refractivity contribution < 1.29 is 28.9 Å². The van der Waals surface area contributed by atoms with Crippen LogP contribution in [0.1, 0.15) is 46.8 Å². The summed E-state index contributed by atoms with van der Waals surface area (Å²) in [5.41, 5.74) is 3.12. The lowest BCUT2D eigenvalue weighted by atomic mass is 9.94. The number of methoxy groups -OCH3 is 1. The van der Waals surface area contributed by atoms with Crippen molar-refractivity contribution in [3.8, 4) is 17.2 Å². The molecule has 7 heteroatoms. The number of esters is 2.